The minimum absolute atomic E-state index is 0.00334. The van der Waals surface area contributed by atoms with Gasteiger partial charge in [-0.25, -0.2) is 5.01 Å². The van der Waals surface area contributed by atoms with E-state index < -0.39 is 48.1 Å². The molecule has 3 aliphatic rings. The van der Waals surface area contributed by atoms with Crippen LogP contribution >= 0.6 is 0 Å². The van der Waals surface area contributed by atoms with Gasteiger partial charge in [0.1, 0.15) is 18.1 Å². The Balaban J connectivity index is 1.27. The van der Waals surface area contributed by atoms with Crippen LogP contribution in [0.4, 0.5) is 5.69 Å². The van der Waals surface area contributed by atoms with Gasteiger partial charge in [0.05, 0.1) is 13.0 Å². The number of hydrogen-bond acceptors (Lipinski definition) is 8. The highest BCUT2D eigenvalue weighted by Gasteiger charge is 2.46. The van der Waals surface area contributed by atoms with Crippen LogP contribution in [-0.4, -0.2) is 76.5 Å². The van der Waals surface area contributed by atoms with Gasteiger partial charge in [-0.3, -0.25) is 33.8 Å². The first-order valence-corrected chi connectivity index (χ1v) is 14.2. The summed E-state index contributed by atoms with van der Waals surface area (Å²) < 4.78 is 11.1. The van der Waals surface area contributed by atoms with E-state index in [1.165, 1.54) is 24.1 Å². The zero-order valence-corrected chi connectivity index (χ0v) is 23.6. The molecular formula is C30H33N5O8. The predicted octanol–water partition coefficient (Wildman–Crippen LogP) is 1.25. The predicted molar refractivity (Wildman–Crippen MR) is 150 cm³/mol. The van der Waals surface area contributed by atoms with E-state index in [9.17, 15) is 28.8 Å². The highest BCUT2D eigenvalue weighted by molar-refractivity contribution is 6.00. The van der Waals surface area contributed by atoms with E-state index in [1.54, 1.807) is 12.1 Å². The lowest BCUT2D eigenvalue weighted by atomic mass is 10.0. The molecule has 13 heteroatoms. The van der Waals surface area contributed by atoms with Crippen molar-refractivity contribution in [3.05, 3.63) is 65.7 Å². The number of anilines is 1. The second-order valence-electron chi connectivity index (χ2n) is 10.7. The number of carbonyl (C=O) groups is 6. The molecular weight excluding hydrogens is 558 g/mol. The van der Waals surface area contributed by atoms with Crippen LogP contribution in [0.25, 0.3) is 0 Å². The summed E-state index contributed by atoms with van der Waals surface area (Å²) in [5.74, 6) is -2.77. The first-order valence-electron chi connectivity index (χ1n) is 14.2. The number of cyclic esters (lactones) is 1. The summed E-state index contributed by atoms with van der Waals surface area (Å²) in [6.45, 7) is 1.79. The Labute approximate surface area is 247 Å². The Hall–Kier alpha value is -4.78. The lowest BCUT2D eigenvalue weighted by Crippen LogP contribution is -2.64. The Bertz CT molecular complexity index is 1400. The summed E-state index contributed by atoms with van der Waals surface area (Å²) in [6.07, 6.45) is -0.281. The number of nitrogens with one attached hydrogen (secondary N) is 3. The van der Waals surface area contributed by atoms with Gasteiger partial charge < -0.3 is 25.4 Å². The molecule has 3 aliphatic heterocycles. The van der Waals surface area contributed by atoms with Gasteiger partial charge in [0.15, 0.2) is 0 Å². The van der Waals surface area contributed by atoms with Gasteiger partial charge in [0, 0.05) is 31.1 Å². The fourth-order valence-corrected chi connectivity index (χ4v) is 5.39. The van der Waals surface area contributed by atoms with Gasteiger partial charge in [-0.2, -0.15) is 0 Å². The molecule has 3 saturated heterocycles. The molecule has 5 amide bonds. The van der Waals surface area contributed by atoms with E-state index in [0.717, 1.165) is 10.6 Å². The van der Waals surface area contributed by atoms with E-state index in [0.29, 0.717) is 12.1 Å². The molecule has 226 valence electrons. The maximum absolute atomic E-state index is 13.8. The first-order chi connectivity index (χ1) is 20.7. The molecule has 13 nitrogen and oxygen atoms in total. The van der Waals surface area contributed by atoms with Crippen LogP contribution in [0, 0.1) is 0 Å². The summed E-state index contributed by atoms with van der Waals surface area (Å²) in [5, 5.41) is 10.5. The molecule has 2 aromatic carbocycles. The molecule has 0 aromatic heterocycles. The molecule has 5 rings (SSSR count). The lowest BCUT2D eigenvalue weighted by Gasteiger charge is -2.43. The average molecular weight is 592 g/mol. The Morgan fingerprint density at radius 3 is 2.44 bits per heavy atom. The van der Waals surface area contributed by atoms with Crippen LogP contribution in [0.3, 0.4) is 0 Å². The van der Waals surface area contributed by atoms with Crippen molar-refractivity contribution in [2.75, 3.05) is 11.9 Å². The SMILES string of the molecule is CC(=O)Nc1ccc(C(=O)N[C@H]2CCC(=O)N3CCC[C@@H](C(=O)N[C@H]4CC(=O)OC4OCc4ccccc4)N3C2=O)cc1. The first kappa shape index (κ1) is 29.7. The van der Waals surface area contributed by atoms with Crippen LogP contribution in [0.15, 0.2) is 54.6 Å². The molecule has 0 saturated carbocycles. The summed E-state index contributed by atoms with van der Waals surface area (Å²) in [6, 6.07) is 12.6. The monoisotopic (exact) mass is 591 g/mol. The maximum Gasteiger partial charge on any atom is 0.310 e. The van der Waals surface area contributed by atoms with Gasteiger partial charge in [0.25, 0.3) is 11.8 Å². The van der Waals surface area contributed by atoms with Gasteiger partial charge in [-0.05, 0) is 49.1 Å². The van der Waals surface area contributed by atoms with Crippen molar-refractivity contribution in [3.8, 4) is 0 Å². The summed E-state index contributed by atoms with van der Waals surface area (Å²) >= 11 is 0. The van der Waals surface area contributed by atoms with Gasteiger partial charge in [-0.15, -0.1) is 0 Å². The number of esters is 1. The van der Waals surface area contributed by atoms with E-state index in [1.807, 2.05) is 30.3 Å². The van der Waals surface area contributed by atoms with Crippen molar-refractivity contribution in [2.45, 2.75) is 70.1 Å². The smallest absolute Gasteiger partial charge is 0.310 e. The number of hydrazine groups is 1. The maximum atomic E-state index is 13.8. The van der Waals surface area contributed by atoms with Crippen molar-refractivity contribution in [2.24, 2.45) is 0 Å². The number of benzene rings is 2. The Morgan fingerprint density at radius 2 is 1.72 bits per heavy atom. The van der Waals surface area contributed by atoms with Gasteiger partial charge >= 0.3 is 5.97 Å². The standard InChI is InChI=1S/C30H33N5O8/c1-18(36)31-21-11-9-20(10-12-21)27(39)32-22-13-14-25(37)34-15-5-8-24(35(34)29(22)41)28(40)33-23-16-26(38)43-30(23)42-17-19-6-3-2-4-7-19/h2-4,6-7,9-12,22-24,30H,5,8,13-17H2,1H3,(H,31,36)(H,32,39)(H,33,40)/t22-,23-,24-,30?/m0/s1. The van der Waals surface area contributed by atoms with Crippen molar-refractivity contribution in [3.63, 3.8) is 0 Å². The number of carbonyl (C=O) groups excluding carboxylic acids is 6. The zero-order valence-electron chi connectivity index (χ0n) is 23.6. The number of hydrogen-bond donors (Lipinski definition) is 3. The normalized spacial score (nSPS) is 23.6. The fourth-order valence-electron chi connectivity index (χ4n) is 5.39. The number of rotatable bonds is 8. The van der Waals surface area contributed by atoms with Crippen LogP contribution in [0.1, 0.15) is 54.9 Å². The van der Waals surface area contributed by atoms with E-state index in [-0.39, 0.29) is 56.2 Å². The highest BCUT2D eigenvalue weighted by atomic mass is 16.7. The summed E-state index contributed by atoms with van der Waals surface area (Å²) in [5.41, 5.74) is 1.64. The van der Waals surface area contributed by atoms with Crippen LogP contribution in [-0.2, 0) is 40.1 Å². The largest absolute Gasteiger partial charge is 0.433 e. The molecule has 0 aliphatic carbocycles. The van der Waals surface area contributed by atoms with Crippen molar-refractivity contribution in [1.82, 2.24) is 20.7 Å². The van der Waals surface area contributed by atoms with Crippen molar-refractivity contribution < 1.29 is 38.2 Å². The molecule has 2 aromatic rings. The second kappa shape index (κ2) is 13.0. The minimum atomic E-state index is -1.05. The molecule has 3 heterocycles. The van der Waals surface area contributed by atoms with Crippen LogP contribution in [0.5, 0.6) is 0 Å². The zero-order chi connectivity index (χ0) is 30.5. The van der Waals surface area contributed by atoms with E-state index >= 15 is 0 Å². The molecule has 0 bridgehead atoms. The van der Waals surface area contributed by atoms with Crippen molar-refractivity contribution in [1.29, 1.82) is 0 Å². The third kappa shape index (κ3) is 7.00. The van der Waals surface area contributed by atoms with Gasteiger partial charge in [-0.1, -0.05) is 30.3 Å². The Morgan fingerprint density at radius 1 is 0.977 bits per heavy atom. The van der Waals surface area contributed by atoms with Crippen LogP contribution < -0.4 is 16.0 Å². The van der Waals surface area contributed by atoms with Gasteiger partial charge in [0.2, 0.25) is 24.0 Å². The molecule has 4 atom stereocenters. The molecule has 0 radical (unpaired) electrons. The Kier molecular flexibility index (Phi) is 9.00. The third-order valence-electron chi connectivity index (χ3n) is 7.48. The second-order valence-corrected chi connectivity index (χ2v) is 10.7. The topological polar surface area (TPSA) is 163 Å². The van der Waals surface area contributed by atoms with E-state index in [4.69, 9.17) is 9.47 Å². The number of fused-ring (bicyclic) bond motifs is 1. The molecule has 3 fully saturated rings. The summed E-state index contributed by atoms with van der Waals surface area (Å²) in [7, 11) is 0. The molecule has 0 spiro atoms. The third-order valence-corrected chi connectivity index (χ3v) is 7.48. The fraction of sp³-hybridized carbons (Fsp3) is 0.400. The average Bonchev–Trinajstić information content (AvgIpc) is 3.30. The number of nitrogens with zero attached hydrogens (tertiary/aromatic N) is 2. The summed E-state index contributed by atoms with van der Waals surface area (Å²) in [4.78, 5) is 76.8. The molecule has 43 heavy (non-hydrogen) atoms. The van der Waals surface area contributed by atoms with E-state index in [2.05, 4.69) is 16.0 Å². The van der Waals surface area contributed by atoms with Crippen molar-refractivity contribution >= 4 is 41.2 Å². The van der Waals surface area contributed by atoms with Crippen LogP contribution in [0.2, 0.25) is 0 Å². The number of ether oxygens (including phenoxy) is 2. The number of amides is 5. The molecule has 1 unspecified atom stereocenters. The minimum Gasteiger partial charge on any atom is -0.433 e. The highest BCUT2D eigenvalue weighted by Crippen LogP contribution is 2.26. The quantitative estimate of drug-likeness (QED) is 0.386. The lowest BCUT2D eigenvalue weighted by molar-refractivity contribution is -0.177. The molecule has 3 N–H and O–H groups in total.